The van der Waals surface area contributed by atoms with Crippen LogP contribution in [0.25, 0.3) is 0 Å². The lowest BCUT2D eigenvalue weighted by Crippen LogP contribution is -2.46. The number of nitrogens with one attached hydrogen (secondary N) is 1. The van der Waals surface area contributed by atoms with Crippen LogP contribution in [0.4, 0.5) is 0 Å². The SMILES string of the molecule is CC(C)CC(=O)N1CCCN(C(=O)Cc2cccnc2)CCCCNC(=O)[C@@H]2C[C@H]1CN2C(=O)c1ccsc1. The molecule has 2 aromatic rings. The number of likely N-dealkylation sites (tertiary alicyclic amines) is 1. The van der Waals surface area contributed by atoms with Gasteiger partial charge in [0.25, 0.3) is 5.91 Å². The summed E-state index contributed by atoms with van der Waals surface area (Å²) in [5.41, 5.74) is 1.44. The number of amides is 4. The number of carbonyl (C=O) groups excluding carboxylic acids is 4. The van der Waals surface area contributed by atoms with Gasteiger partial charge in [-0.3, -0.25) is 24.2 Å². The van der Waals surface area contributed by atoms with Gasteiger partial charge in [-0.2, -0.15) is 11.3 Å². The fourth-order valence-electron chi connectivity index (χ4n) is 5.38. The van der Waals surface area contributed by atoms with E-state index in [-0.39, 0.29) is 42.0 Å². The summed E-state index contributed by atoms with van der Waals surface area (Å²) < 4.78 is 0. The molecule has 10 heteroatoms. The third-order valence-electron chi connectivity index (χ3n) is 7.37. The summed E-state index contributed by atoms with van der Waals surface area (Å²) in [5, 5.41) is 6.66. The van der Waals surface area contributed by atoms with Crippen LogP contribution >= 0.6 is 11.3 Å². The maximum absolute atomic E-state index is 13.4. The molecule has 2 aliphatic heterocycles. The maximum atomic E-state index is 13.4. The van der Waals surface area contributed by atoms with Crippen LogP contribution in [0.15, 0.2) is 41.4 Å². The Kier molecular flexibility index (Phi) is 10.1. The number of aromatic nitrogens is 1. The van der Waals surface area contributed by atoms with Crippen molar-refractivity contribution in [3.05, 3.63) is 52.5 Å². The fraction of sp³-hybridized carbons (Fsp3) is 0.552. The predicted molar refractivity (Wildman–Crippen MR) is 150 cm³/mol. The van der Waals surface area contributed by atoms with Crippen molar-refractivity contribution in [3.8, 4) is 0 Å². The molecule has 2 saturated heterocycles. The average Bonchev–Trinajstić information content (AvgIpc) is 3.60. The lowest BCUT2D eigenvalue weighted by molar-refractivity contribution is -0.134. The van der Waals surface area contributed by atoms with E-state index in [0.717, 1.165) is 18.4 Å². The number of hydrogen-bond acceptors (Lipinski definition) is 6. The average molecular weight is 554 g/mol. The highest BCUT2D eigenvalue weighted by atomic mass is 32.1. The van der Waals surface area contributed by atoms with Crippen LogP contribution in [-0.2, 0) is 20.8 Å². The first-order valence-electron chi connectivity index (χ1n) is 13.9. The second-order valence-corrected chi connectivity index (χ2v) is 11.6. The van der Waals surface area contributed by atoms with Gasteiger partial charge in [-0.05, 0) is 54.7 Å². The summed E-state index contributed by atoms with van der Waals surface area (Å²) in [4.78, 5) is 62.7. The van der Waals surface area contributed by atoms with Crippen molar-refractivity contribution in [1.29, 1.82) is 0 Å². The molecule has 0 aliphatic carbocycles. The van der Waals surface area contributed by atoms with Gasteiger partial charge in [-0.1, -0.05) is 19.9 Å². The zero-order chi connectivity index (χ0) is 27.8. The second-order valence-electron chi connectivity index (χ2n) is 10.8. The van der Waals surface area contributed by atoms with Crippen LogP contribution in [0.2, 0.25) is 0 Å². The first-order chi connectivity index (χ1) is 18.8. The summed E-state index contributed by atoms with van der Waals surface area (Å²) >= 11 is 1.44. The quantitative estimate of drug-likeness (QED) is 0.613. The number of carbonyl (C=O) groups is 4. The zero-order valence-corrected chi connectivity index (χ0v) is 23.7. The number of fused-ring (bicyclic) bond motifs is 2. The van der Waals surface area contributed by atoms with Gasteiger partial charge in [0.15, 0.2) is 0 Å². The Balaban J connectivity index is 1.53. The van der Waals surface area contributed by atoms with Gasteiger partial charge >= 0.3 is 0 Å². The molecule has 2 atom stereocenters. The van der Waals surface area contributed by atoms with E-state index in [0.29, 0.717) is 57.5 Å². The van der Waals surface area contributed by atoms with Crippen molar-refractivity contribution < 1.29 is 19.2 Å². The molecule has 0 radical (unpaired) electrons. The Morgan fingerprint density at radius 3 is 2.62 bits per heavy atom. The lowest BCUT2D eigenvalue weighted by Gasteiger charge is -2.31. The van der Waals surface area contributed by atoms with Crippen LogP contribution in [0.1, 0.15) is 61.9 Å². The molecule has 0 aromatic carbocycles. The van der Waals surface area contributed by atoms with E-state index in [2.05, 4.69) is 10.3 Å². The van der Waals surface area contributed by atoms with E-state index in [1.54, 1.807) is 28.7 Å². The van der Waals surface area contributed by atoms with Crippen LogP contribution in [0, 0.1) is 5.92 Å². The highest BCUT2D eigenvalue weighted by Crippen LogP contribution is 2.27. The monoisotopic (exact) mass is 553 g/mol. The Labute approximate surface area is 234 Å². The lowest BCUT2D eigenvalue weighted by atomic mass is 10.1. The zero-order valence-electron chi connectivity index (χ0n) is 22.9. The summed E-state index contributed by atoms with van der Waals surface area (Å²) in [6, 6.07) is 4.63. The second kappa shape index (κ2) is 13.7. The third kappa shape index (κ3) is 7.65. The highest BCUT2D eigenvalue weighted by molar-refractivity contribution is 7.08. The minimum Gasteiger partial charge on any atom is -0.354 e. The van der Waals surface area contributed by atoms with Crippen LogP contribution in [0.3, 0.4) is 0 Å². The molecule has 0 spiro atoms. The van der Waals surface area contributed by atoms with E-state index in [9.17, 15) is 19.2 Å². The number of pyridine rings is 1. The standard InChI is InChI=1S/C29H39N5O4S/c1-21(2)15-27(36)33-13-6-12-32(26(35)16-22-7-5-9-30-18-22)11-4-3-10-31-28(37)25-17-24(33)19-34(25)29(38)23-8-14-39-20-23/h5,7-9,14,18,20-21,24-25H,3-4,6,10-13,15-17,19H2,1-2H3,(H,31,37)/t24-,25-/m0/s1. The molecule has 39 heavy (non-hydrogen) atoms. The molecule has 4 amide bonds. The highest BCUT2D eigenvalue weighted by Gasteiger charge is 2.43. The molecule has 2 aromatic heterocycles. The number of hydrogen-bond donors (Lipinski definition) is 1. The van der Waals surface area contributed by atoms with Crippen molar-refractivity contribution >= 4 is 35.0 Å². The minimum absolute atomic E-state index is 0.0271. The number of rotatable bonds is 5. The normalized spacial score (nSPS) is 21.0. The van der Waals surface area contributed by atoms with Crippen LogP contribution < -0.4 is 5.32 Å². The van der Waals surface area contributed by atoms with Crippen molar-refractivity contribution in [1.82, 2.24) is 25.0 Å². The molecule has 0 unspecified atom stereocenters. The van der Waals surface area contributed by atoms with Gasteiger partial charge in [0, 0.05) is 56.9 Å². The summed E-state index contributed by atoms with van der Waals surface area (Å²) in [5.74, 6) is -0.107. The molecule has 2 aliphatic rings. The van der Waals surface area contributed by atoms with Gasteiger partial charge in [0.05, 0.1) is 18.0 Å². The van der Waals surface area contributed by atoms with E-state index in [1.165, 1.54) is 11.3 Å². The van der Waals surface area contributed by atoms with Crippen molar-refractivity contribution in [3.63, 3.8) is 0 Å². The van der Waals surface area contributed by atoms with Crippen molar-refractivity contribution in [2.24, 2.45) is 5.92 Å². The van der Waals surface area contributed by atoms with Gasteiger partial charge in [0.1, 0.15) is 6.04 Å². The summed E-state index contributed by atoms with van der Waals surface area (Å²) in [6.07, 6.45) is 6.61. The summed E-state index contributed by atoms with van der Waals surface area (Å²) in [7, 11) is 0. The van der Waals surface area contributed by atoms with Gasteiger partial charge in [-0.15, -0.1) is 0 Å². The first-order valence-corrected chi connectivity index (χ1v) is 14.8. The Bertz CT molecular complexity index is 1120. The first kappa shape index (κ1) is 28.7. The smallest absolute Gasteiger partial charge is 0.255 e. The summed E-state index contributed by atoms with van der Waals surface area (Å²) in [6.45, 7) is 6.43. The Morgan fingerprint density at radius 2 is 1.90 bits per heavy atom. The minimum atomic E-state index is -0.614. The fourth-order valence-corrected chi connectivity index (χ4v) is 6.01. The van der Waals surface area contributed by atoms with Crippen LogP contribution in [-0.4, -0.2) is 88.1 Å². The predicted octanol–water partition coefficient (Wildman–Crippen LogP) is 2.97. The molecular formula is C29H39N5O4S. The maximum Gasteiger partial charge on any atom is 0.255 e. The molecular weight excluding hydrogens is 514 g/mol. The number of nitrogens with zero attached hydrogens (tertiary/aromatic N) is 4. The van der Waals surface area contributed by atoms with Gasteiger partial charge in [0.2, 0.25) is 17.7 Å². The van der Waals surface area contributed by atoms with Crippen molar-refractivity contribution in [2.45, 2.75) is 64.5 Å². The molecule has 4 rings (SSSR count). The largest absolute Gasteiger partial charge is 0.354 e. The molecule has 9 nitrogen and oxygen atoms in total. The van der Waals surface area contributed by atoms with E-state index >= 15 is 0 Å². The van der Waals surface area contributed by atoms with Gasteiger partial charge < -0.3 is 20.0 Å². The third-order valence-corrected chi connectivity index (χ3v) is 8.05. The molecule has 4 heterocycles. The molecule has 210 valence electrons. The van der Waals surface area contributed by atoms with Crippen molar-refractivity contribution in [2.75, 3.05) is 32.7 Å². The Morgan fingerprint density at radius 1 is 1.08 bits per heavy atom. The van der Waals surface area contributed by atoms with E-state index in [1.807, 2.05) is 41.2 Å². The molecule has 2 bridgehead atoms. The topological polar surface area (TPSA) is 103 Å². The van der Waals surface area contributed by atoms with E-state index in [4.69, 9.17) is 0 Å². The van der Waals surface area contributed by atoms with E-state index < -0.39 is 6.04 Å². The van der Waals surface area contributed by atoms with Gasteiger partial charge in [-0.25, -0.2) is 0 Å². The molecule has 0 saturated carbocycles. The molecule has 2 fully saturated rings. The van der Waals surface area contributed by atoms with Crippen LogP contribution in [0.5, 0.6) is 0 Å². The molecule has 1 N–H and O–H groups in total. The number of thiophene rings is 1. The Hall–Kier alpha value is -3.27.